The fraction of sp³-hybridized carbons (Fsp3) is 0.323. The van der Waals surface area contributed by atoms with E-state index in [1.54, 1.807) is 0 Å². The van der Waals surface area contributed by atoms with Gasteiger partial charge in [-0.2, -0.15) is 17.5 Å². The first-order chi connectivity index (χ1) is 21.4. The van der Waals surface area contributed by atoms with Crippen LogP contribution in [0, 0.1) is 5.82 Å². The number of rotatable bonds is 13. The normalized spacial score (nSPS) is 17.0. The molecule has 242 valence electrons. The molecule has 0 saturated heterocycles. The predicted octanol–water partition coefficient (Wildman–Crippen LogP) is 4.58. The number of amides is 1. The monoisotopic (exact) mass is 652 g/mol. The molecule has 1 heterocycles. The van der Waals surface area contributed by atoms with Crippen LogP contribution in [-0.2, 0) is 37.0 Å². The quantitative estimate of drug-likeness (QED) is 0.260. The van der Waals surface area contributed by atoms with Crippen LogP contribution in [0.15, 0.2) is 89.5 Å². The molecule has 0 saturated carbocycles. The molecule has 0 radical (unpaired) electrons. The third kappa shape index (κ3) is 9.03. The van der Waals surface area contributed by atoms with Gasteiger partial charge in [0, 0.05) is 32.0 Å². The lowest BCUT2D eigenvalue weighted by Crippen LogP contribution is -2.38. The fourth-order valence-electron chi connectivity index (χ4n) is 4.59. The van der Waals surface area contributed by atoms with Gasteiger partial charge in [-0.15, -0.1) is 0 Å². The van der Waals surface area contributed by atoms with Gasteiger partial charge in [0.2, 0.25) is 16.3 Å². The number of alkyl halides is 3. The number of aliphatic hydroxyl groups is 1. The highest BCUT2D eigenvalue weighted by Crippen LogP contribution is 2.34. The molecule has 3 aromatic rings. The topological polar surface area (TPSA) is 114 Å². The Kier molecular flexibility index (Phi) is 11.2. The zero-order valence-electron chi connectivity index (χ0n) is 24.2. The van der Waals surface area contributed by atoms with Crippen LogP contribution in [0.25, 0.3) is 0 Å². The number of benzene rings is 3. The number of methoxy groups -OCH3 is 1. The third-order valence-corrected chi connectivity index (χ3v) is 8.92. The molecule has 14 heteroatoms. The number of ether oxygens (including phenoxy) is 3. The molecule has 2 atom stereocenters. The summed E-state index contributed by atoms with van der Waals surface area (Å²) in [5, 5.41) is 12.2. The molecule has 9 nitrogen and oxygen atoms in total. The zero-order valence-corrected chi connectivity index (χ0v) is 25.0. The van der Waals surface area contributed by atoms with E-state index in [9.17, 15) is 35.9 Å². The highest BCUT2D eigenvalue weighted by molar-refractivity contribution is 7.89. The van der Waals surface area contributed by atoms with Crippen molar-refractivity contribution in [1.29, 1.82) is 0 Å². The number of carbonyl (C=O) groups excluding carboxylic acids is 1. The van der Waals surface area contributed by atoms with E-state index in [2.05, 4.69) is 5.32 Å². The summed E-state index contributed by atoms with van der Waals surface area (Å²) in [5.74, 6) is -1.32. The van der Waals surface area contributed by atoms with Crippen LogP contribution in [0.3, 0.4) is 0 Å². The minimum absolute atomic E-state index is 0.0175. The molecule has 1 aliphatic heterocycles. The zero-order chi connectivity index (χ0) is 32.6. The van der Waals surface area contributed by atoms with Crippen LogP contribution < -0.4 is 10.1 Å². The van der Waals surface area contributed by atoms with E-state index in [4.69, 9.17) is 14.2 Å². The first-order valence-electron chi connectivity index (χ1n) is 13.9. The van der Waals surface area contributed by atoms with Gasteiger partial charge >= 0.3 is 6.18 Å². The fourth-order valence-corrected chi connectivity index (χ4v) is 6.00. The number of aliphatic hydroxyl groups excluding tert-OH is 1. The number of nitrogens with zero attached hydrogens (tertiary/aromatic N) is 1. The van der Waals surface area contributed by atoms with Gasteiger partial charge in [0.1, 0.15) is 11.6 Å². The average molecular weight is 653 g/mol. The Morgan fingerprint density at radius 3 is 2.29 bits per heavy atom. The molecule has 0 unspecified atom stereocenters. The maximum atomic E-state index is 13.2. The van der Waals surface area contributed by atoms with Crippen molar-refractivity contribution in [3.05, 3.63) is 107 Å². The molecule has 4 rings (SSSR count). The lowest BCUT2D eigenvalue weighted by Gasteiger charge is -2.30. The summed E-state index contributed by atoms with van der Waals surface area (Å²) in [6, 6.07) is 15.7. The van der Waals surface area contributed by atoms with Gasteiger partial charge in [-0.3, -0.25) is 4.79 Å². The van der Waals surface area contributed by atoms with E-state index in [0.717, 1.165) is 16.4 Å². The predicted molar refractivity (Wildman–Crippen MR) is 155 cm³/mol. The number of sulfonamides is 1. The van der Waals surface area contributed by atoms with Crippen molar-refractivity contribution in [2.75, 3.05) is 33.4 Å². The van der Waals surface area contributed by atoms with E-state index >= 15 is 0 Å². The summed E-state index contributed by atoms with van der Waals surface area (Å²) in [5.41, 5.74) is 0.275. The largest absolute Gasteiger partial charge is 0.497 e. The Hall–Kier alpha value is -3.98. The van der Waals surface area contributed by atoms with Crippen LogP contribution in [-0.4, -0.2) is 63.4 Å². The van der Waals surface area contributed by atoms with Gasteiger partial charge in [-0.05, 0) is 65.7 Å². The molecule has 0 bridgehead atoms. The number of nitrogens with one attached hydrogen (secondary N) is 1. The first-order valence-corrected chi connectivity index (χ1v) is 15.3. The summed E-state index contributed by atoms with van der Waals surface area (Å²) in [4.78, 5) is 13.0. The van der Waals surface area contributed by atoms with Gasteiger partial charge in [-0.1, -0.05) is 24.3 Å². The second-order valence-corrected chi connectivity index (χ2v) is 12.0. The molecule has 3 aromatic carbocycles. The minimum atomic E-state index is -4.52. The third-order valence-electron chi connectivity index (χ3n) is 7.00. The first kappa shape index (κ1) is 33.9. The molecule has 45 heavy (non-hydrogen) atoms. The van der Waals surface area contributed by atoms with E-state index in [-0.39, 0.29) is 43.3 Å². The van der Waals surface area contributed by atoms with E-state index in [1.807, 2.05) is 0 Å². The lowest BCUT2D eigenvalue weighted by atomic mass is 9.92. The molecular weight excluding hydrogens is 620 g/mol. The average Bonchev–Trinajstić information content (AvgIpc) is 3.03. The highest BCUT2D eigenvalue weighted by Gasteiger charge is 2.32. The summed E-state index contributed by atoms with van der Waals surface area (Å²) in [6.45, 7) is -0.976. The van der Waals surface area contributed by atoms with Crippen LogP contribution in [0.1, 0.15) is 29.0 Å². The Labute approximate surface area is 258 Å². The summed E-state index contributed by atoms with van der Waals surface area (Å²) in [6.07, 6.45) is -3.98. The van der Waals surface area contributed by atoms with Gasteiger partial charge in [0.15, 0.2) is 5.76 Å². The Morgan fingerprint density at radius 1 is 1.02 bits per heavy atom. The Bertz CT molecular complexity index is 1560. The Morgan fingerprint density at radius 2 is 1.69 bits per heavy atom. The van der Waals surface area contributed by atoms with Crippen molar-refractivity contribution in [1.82, 2.24) is 9.62 Å². The van der Waals surface area contributed by atoms with Gasteiger partial charge in [0.25, 0.3) is 5.91 Å². The second kappa shape index (κ2) is 14.9. The number of carbonyl (C=O) groups is 1. The molecular formula is C31H32F4N2O7S. The summed E-state index contributed by atoms with van der Waals surface area (Å²) >= 11 is 0. The van der Waals surface area contributed by atoms with Crippen molar-refractivity contribution in [3.8, 4) is 5.75 Å². The van der Waals surface area contributed by atoms with Crippen molar-refractivity contribution < 1.29 is 50.1 Å². The standard InChI is InChI=1S/C31H32F4N2O7S/c1-42-26-10-12-27(13-11-26)45(40,41)37(14-16-38)15-17-43-29-19-23(22-4-6-24(7-5-22)31(33,34)35)18-28(44-29)30(39)36-20-21-2-8-25(32)9-3-21/h2-13,18,23,29,38H,14-17,19-20H2,1H3,(H,36,39)/t23-,29+/m1/s1. The van der Waals surface area contributed by atoms with Crippen LogP contribution in [0.4, 0.5) is 17.6 Å². The summed E-state index contributed by atoms with van der Waals surface area (Å²) < 4.78 is 96.8. The van der Waals surface area contributed by atoms with Crippen molar-refractivity contribution >= 4 is 15.9 Å². The molecule has 0 fully saturated rings. The number of hydrogen-bond donors (Lipinski definition) is 2. The van der Waals surface area contributed by atoms with Gasteiger partial charge < -0.3 is 24.6 Å². The molecule has 1 amide bonds. The van der Waals surface area contributed by atoms with Crippen LogP contribution >= 0.6 is 0 Å². The lowest BCUT2D eigenvalue weighted by molar-refractivity contribution is -0.146. The van der Waals surface area contributed by atoms with Gasteiger partial charge in [-0.25, -0.2) is 12.8 Å². The molecule has 0 aromatic heterocycles. The van der Waals surface area contributed by atoms with E-state index in [1.165, 1.54) is 73.8 Å². The Balaban J connectivity index is 1.48. The van der Waals surface area contributed by atoms with Crippen LogP contribution in [0.5, 0.6) is 5.75 Å². The van der Waals surface area contributed by atoms with Crippen molar-refractivity contribution in [2.24, 2.45) is 0 Å². The SMILES string of the molecule is COc1ccc(S(=O)(=O)N(CCO)CCO[C@@H]2C[C@H](c3ccc(C(F)(F)F)cc3)C=C(C(=O)NCc3ccc(F)cc3)O2)cc1. The van der Waals surface area contributed by atoms with E-state index < -0.39 is 52.3 Å². The van der Waals surface area contributed by atoms with Crippen molar-refractivity contribution in [3.63, 3.8) is 0 Å². The smallest absolute Gasteiger partial charge is 0.416 e. The highest BCUT2D eigenvalue weighted by atomic mass is 32.2. The second-order valence-electron chi connectivity index (χ2n) is 10.0. The molecule has 0 aliphatic carbocycles. The number of allylic oxidation sites excluding steroid dienone is 1. The molecule has 0 spiro atoms. The van der Waals surface area contributed by atoms with E-state index in [0.29, 0.717) is 16.9 Å². The van der Waals surface area contributed by atoms with Crippen molar-refractivity contribution in [2.45, 2.75) is 36.2 Å². The minimum Gasteiger partial charge on any atom is -0.497 e. The van der Waals surface area contributed by atoms with Crippen LogP contribution in [0.2, 0.25) is 0 Å². The van der Waals surface area contributed by atoms with Gasteiger partial charge in [0.05, 0.1) is 30.8 Å². The molecule has 1 aliphatic rings. The summed E-state index contributed by atoms with van der Waals surface area (Å²) in [7, 11) is -2.57. The maximum Gasteiger partial charge on any atom is 0.416 e. The maximum absolute atomic E-state index is 13.2. The number of halogens is 4. The number of hydrogen-bond acceptors (Lipinski definition) is 7. The molecule has 2 N–H and O–H groups in total.